The average Bonchev–Trinajstić information content (AvgIpc) is 2.37. The number of amides is 1. The maximum atomic E-state index is 12.1. The molecule has 0 saturated heterocycles. The largest absolute Gasteiger partial charge is 0.352 e. The van der Waals surface area contributed by atoms with E-state index in [2.05, 4.69) is 12.2 Å². The highest BCUT2D eigenvalue weighted by atomic mass is 35.7. The van der Waals surface area contributed by atoms with E-state index in [9.17, 15) is 13.2 Å². The van der Waals surface area contributed by atoms with Crippen molar-refractivity contribution in [3.63, 3.8) is 0 Å². The lowest BCUT2D eigenvalue weighted by Gasteiger charge is -2.10. The van der Waals surface area contributed by atoms with E-state index in [0.717, 1.165) is 25.7 Å². The predicted molar refractivity (Wildman–Crippen MR) is 86.0 cm³/mol. The van der Waals surface area contributed by atoms with Crippen LogP contribution >= 0.6 is 33.9 Å². The summed E-state index contributed by atoms with van der Waals surface area (Å²) in [6, 6.07) is 2.46. The zero-order chi connectivity index (χ0) is 16.0. The van der Waals surface area contributed by atoms with Crippen molar-refractivity contribution < 1.29 is 13.2 Å². The fourth-order valence-corrected chi connectivity index (χ4v) is 3.67. The molecular formula is C13H16Cl3NO3S. The molecule has 4 nitrogen and oxygen atoms in total. The highest BCUT2D eigenvalue weighted by Gasteiger charge is 2.23. The maximum absolute atomic E-state index is 12.1. The molecule has 0 heterocycles. The Balaban J connectivity index is 2.89. The van der Waals surface area contributed by atoms with Crippen molar-refractivity contribution >= 4 is 48.8 Å². The molecule has 0 saturated carbocycles. The van der Waals surface area contributed by atoms with E-state index < -0.39 is 15.0 Å². The topological polar surface area (TPSA) is 63.2 Å². The number of hydrogen-bond acceptors (Lipinski definition) is 3. The van der Waals surface area contributed by atoms with Crippen LogP contribution in [0.5, 0.6) is 0 Å². The number of carbonyl (C=O) groups excluding carboxylic acids is 1. The van der Waals surface area contributed by atoms with Crippen molar-refractivity contribution in [2.45, 2.75) is 37.5 Å². The molecular weight excluding hydrogens is 357 g/mol. The number of rotatable bonds is 7. The number of hydrogen-bond donors (Lipinski definition) is 1. The van der Waals surface area contributed by atoms with Crippen molar-refractivity contribution in [1.82, 2.24) is 5.32 Å². The van der Waals surface area contributed by atoms with Crippen molar-refractivity contribution in [3.8, 4) is 0 Å². The molecule has 0 aliphatic heterocycles. The Kier molecular flexibility index (Phi) is 7.27. The van der Waals surface area contributed by atoms with E-state index in [0.29, 0.717) is 6.54 Å². The van der Waals surface area contributed by atoms with Gasteiger partial charge in [0.05, 0.1) is 15.6 Å². The first-order valence-electron chi connectivity index (χ1n) is 6.50. The molecule has 1 N–H and O–H groups in total. The number of carbonyl (C=O) groups is 1. The molecule has 21 heavy (non-hydrogen) atoms. The first-order valence-corrected chi connectivity index (χ1v) is 9.56. The molecule has 1 rings (SSSR count). The molecule has 0 atom stereocenters. The number of halogens is 3. The average molecular weight is 373 g/mol. The Hall–Kier alpha value is -0.490. The van der Waals surface area contributed by atoms with Gasteiger partial charge >= 0.3 is 0 Å². The molecule has 1 aromatic rings. The van der Waals surface area contributed by atoms with E-state index in [1.165, 1.54) is 12.1 Å². The van der Waals surface area contributed by atoms with Crippen LogP contribution in [0.3, 0.4) is 0 Å². The Labute approximate surface area is 139 Å². The third-order valence-corrected chi connectivity index (χ3v) is 5.05. The molecule has 8 heteroatoms. The Bertz CT molecular complexity index is 617. The summed E-state index contributed by atoms with van der Waals surface area (Å²) in [7, 11) is 1.23. The zero-order valence-corrected chi connectivity index (χ0v) is 14.5. The molecule has 118 valence electrons. The summed E-state index contributed by atoms with van der Waals surface area (Å²) in [4.78, 5) is 11.8. The Morgan fingerprint density at radius 3 is 2.43 bits per heavy atom. The van der Waals surface area contributed by atoms with Gasteiger partial charge < -0.3 is 5.32 Å². The summed E-state index contributed by atoms with van der Waals surface area (Å²) < 4.78 is 22.8. The van der Waals surface area contributed by atoms with Crippen LogP contribution in [0.4, 0.5) is 0 Å². The molecule has 0 spiro atoms. The lowest BCUT2D eigenvalue weighted by molar-refractivity contribution is 0.0953. The van der Waals surface area contributed by atoms with Crippen molar-refractivity contribution in [2.24, 2.45) is 0 Å². The smallest absolute Gasteiger partial charge is 0.262 e. The van der Waals surface area contributed by atoms with Crippen molar-refractivity contribution in [1.29, 1.82) is 0 Å². The first-order chi connectivity index (χ1) is 9.79. The Morgan fingerprint density at radius 2 is 1.86 bits per heavy atom. The van der Waals surface area contributed by atoms with E-state index in [4.69, 9.17) is 33.9 Å². The summed E-state index contributed by atoms with van der Waals surface area (Å²) >= 11 is 11.9. The Morgan fingerprint density at radius 1 is 1.19 bits per heavy atom. The summed E-state index contributed by atoms with van der Waals surface area (Å²) in [5.41, 5.74) is -0.0736. The first kappa shape index (κ1) is 18.6. The van der Waals surface area contributed by atoms with Crippen LogP contribution in [-0.4, -0.2) is 20.9 Å². The SMILES string of the molecule is CCCCCCNC(=O)c1c(Cl)ccc(S(=O)(=O)Cl)c1Cl. The molecule has 0 radical (unpaired) electrons. The second-order valence-electron chi connectivity index (χ2n) is 4.49. The van der Waals surface area contributed by atoms with Gasteiger partial charge in [-0.2, -0.15) is 0 Å². The summed E-state index contributed by atoms with van der Waals surface area (Å²) in [6.45, 7) is 2.57. The second-order valence-corrected chi connectivity index (χ2v) is 7.81. The molecule has 0 unspecified atom stereocenters. The van der Waals surface area contributed by atoms with E-state index in [1.54, 1.807) is 0 Å². The van der Waals surface area contributed by atoms with Gasteiger partial charge in [-0.05, 0) is 18.6 Å². The van der Waals surface area contributed by atoms with Gasteiger partial charge in [-0.25, -0.2) is 8.42 Å². The van der Waals surface area contributed by atoms with Crippen LogP contribution in [-0.2, 0) is 9.05 Å². The molecule has 0 aliphatic carbocycles. The lowest BCUT2D eigenvalue weighted by Crippen LogP contribution is -2.25. The van der Waals surface area contributed by atoms with Gasteiger partial charge in [-0.3, -0.25) is 4.79 Å². The summed E-state index contributed by atoms with van der Waals surface area (Å²) in [5.74, 6) is -0.510. The predicted octanol–water partition coefficient (Wildman–Crippen LogP) is 4.23. The number of benzene rings is 1. The normalized spacial score (nSPS) is 11.4. The van der Waals surface area contributed by atoms with E-state index in [-0.39, 0.29) is 20.5 Å². The monoisotopic (exact) mass is 371 g/mol. The van der Waals surface area contributed by atoms with Crippen LogP contribution in [0, 0.1) is 0 Å². The lowest BCUT2D eigenvalue weighted by atomic mass is 10.2. The van der Waals surface area contributed by atoms with E-state index in [1.807, 2.05) is 0 Å². The minimum atomic E-state index is -4.04. The van der Waals surface area contributed by atoms with Crippen LogP contribution in [0.25, 0.3) is 0 Å². The van der Waals surface area contributed by atoms with Crippen LogP contribution in [0.1, 0.15) is 43.0 Å². The van der Waals surface area contributed by atoms with Gasteiger partial charge in [0.2, 0.25) is 0 Å². The molecule has 0 aliphatic rings. The summed E-state index contributed by atoms with van der Waals surface area (Å²) in [6.07, 6.45) is 4.04. The minimum Gasteiger partial charge on any atom is -0.352 e. The number of unbranched alkanes of at least 4 members (excludes halogenated alkanes) is 3. The van der Waals surface area contributed by atoms with Gasteiger partial charge in [0.1, 0.15) is 4.90 Å². The third kappa shape index (κ3) is 5.33. The quantitative estimate of drug-likeness (QED) is 0.575. The molecule has 1 aromatic carbocycles. The van der Waals surface area contributed by atoms with Crippen LogP contribution < -0.4 is 5.32 Å². The van der Waals surface area contributed by atoms with Gasteiger partial charge in [0.25, 0.3) is 15.0 Å². The van der Waals surface area contributed by atoms with Gasteiger partial charge in [-0.15, -0.1) is 0 Å². The highest BCUT2D eigenvalue weighted by Crippen LogP contribution is 2.32. The van der Waals surface area contributed by atoms with Gasteiger partial charge in [0, 0.05) is 17.2 Å². The van der Waals surface area contributed by atoms with Gasteiger partial charge in [0.15, 0.2) is 0 Å². The zero-order valence-electron chi connectivity index (χ0n) is 11.5. The van der Waals surface area contributed by atoms with Crippen molar-refractivity contribution in [2.75, 3.05) is 6.54 Å². The molecule has 0 fully saturated rings. The fraction of sp³-hybridized carbons (Fsp3) is 0.462. The number of nitrogens with one attached hydrogen (secondary N) is 1. The molecule has 1 amide bonds. The fourth-order valence-electron chi connectivity index (χ4n) is 1.77. The standard InChI is InChI=1S/C13H16Cl3NO3S/c1-2-3-4-5-8-17-13(18)11-9(14)6-7-10(12(11)15)21(16,19)20/h6-7H,2-5,8H2,1H3,(H,17,18). The highest BCUT2D eigenvalue weighted by molar-refractivity contribution is 8.13. The van der Waals surface area contributed by atoms with Crippen LogP contribution in [0.2, 0.25) is 10.0 Å². The summed E-state index contributed by atoms with van der Waals surface area (Å²) in [5, 5.41) is 2.49. The second kappa shape index (κ2) is 8.22. The van der Waals surface area contributed by atoms with E-state index >= 15 is 0 Å². The van der Waals surface area contributed by atoms with Gasteiger partial charge in [-0.1, -0.05) is 49.4 Å². The van der Waals surface area contributed by atoms with Crippen molar-refractivity contribution in [3.05, 3.63) is 27.7 Å². The minimum absolute atomic E-state index is 0.0736. The maximum Gasteiger partial charge on any atom is 0.262 e. The van der Waals surface area contributed by atoms with Crippen LogP contribution in [0.15, 0.2) is 17.0 Å². The third-order valence-electron chi connectivity index (χ3n) is 2.86. The molecule has 0 bridgehead atoms. The molecule has 0 aromatic heterocycles.